The average Bonchev–Trinajstić information content (AvgIpc) is 2.46. The van der Waals surface area contributed by atoms with E-state index in [0.29, 0.717) is 12.6 Å². The molecule has 4 nitrogen and oxygen atoms in total. The number of nitrogens with zero attached hydrogens (tertiary/aromatic N) is 2. The van der Waals surface area contributed by atoms with Gasteiger partial charge in [0.2, 0.25) is 0 Å². The van der Waals surface area contributed by atoms with Gasteiger partial charge in [-0.2, -0.15) is 0 Å². The van der Waals surface area contributed by atoms with Gasteiger partial charge in [0.1, 0.15) is 0 Å². The Morgan fingerprint density at radius 1 is 1.14 bits per heavy atom. The number of aromatic nitrogens is 1. The molecular weight excluding hydrogens is 262 g/mol. The van der Waals surface area contributed by atoms with Crippen LogP contribution in [0.5, 0.6) is 0 Å². The van der Waals surface area contributed by atoms with Crippen LogP contribution in [0.25, 0.3) is 0 Å². The van der Waals surface area contributed by atoms with Crippen molar-refractivity contribution in [2.75, 3.05) is 12.3 Å². The van der Waals surface area contributed by atoms with Crippen molar-refractivity contribution in [3.8, 4) is 0 Å². The van der Waals surface area contributed by atoms with Crippen molar-refractivity contribution in [3.63, 3.8) is 0 Å². The minimum atomic E-state index is 0.0421. The van der Waals surface area contributed by atoms with Gasteiger partial charge in [-0.05, 0) is 31.5 Å². The van der Waals surface area contributed by atoms with Crippen molar-refractivity contribution in [2.45, 2.75) is 33.0 Å². The van der Waals surface area contributed by atoms with Gasteiger partial charge in [-0.15, -0.1) is 0 Å². The highest BCUT2D eigenvalue weighted by molar-refractivity contribution is 5.46. The highest BCUT2D eigenvalue weighted by Crippen LogP contribution is 2.15. The van der Waals surface area contributed by atoms with Crippen molar-refractivity contribution >= 4 is 5.69 Å². The molecule has 0 atom stereocenters. The monoisotopic (exact) mass is 285 g/mol. The number of rotatable bonds is 6. The summed E-state index contributed by atoms with van der Waals surface area (Å²) < 4.78 is 1.74. The highest BCUT2D eigenvalue weighted by Gasteiger charge is 2.11. The lowest BCUT2D eigenvalue weighted by Gasteiger charge is -2.27. The molecule has 0 aliphatic heterocycles. The van der Waals surface area contributed by atoms with E-state index in [1.807, 2.05) is 30.5 Å². The Balaban J connectivity index is 2.05. The third-order valence-corrected chi connectivity index (χ3v) is 3.69. The molecule has 2 N–H and O–H groups in total. The largest absolute Gasteiger partial charge is 0.398 e. The van der Waals surface area contributed by atoms with Crippen molar-refractivity contribution in [2.24, 2.45) is 0 Å². The predicted molar refractivity (Wildman–Crippen MR) is 87.1 cm³/mol. The summed E-state index contributed by atoms with van der Waals surface area (Å²) in [6.45, 7) is 6.62. The first kappa shape index (κ1) is 15.3. The number of hydrogen-bond donors (Lipinski definition) is 1. The first-order valence-corrected chi connectivity index (χ1v) is 7.31. The maximum absolute atomic E-state index is 11.7. The molecule has 1 aromatic heterocycles. The van der Waals surface area contributed by atoms with Crippen molar-refractivity contribution < 1.29 is 0 Å². The lowest BCUT2D eigenvalue weighted by molar-refractivity contribution is 0.204. The van der Waals surface area contributed by atoms with E-state index in [2.05, 4.69) is 24.8 Å². The summed E-state index contributed by atoms with van der Waals surface area (Å²) in [5.41, 5.74) is 8.01. The Kier molecular flexibility index (Phi) is 5.17. The van der Waals surface area contributed by atoms with Crippen LogP contribution in [0.4, 0.5) is 5.69 Å². The Labute approximate surface area is 125 Å². The van der Waals surface area contributed by atoms with Gasteiger partial charge in [-0.25, -0.2) is 0 Å². The molecule has 112 valence electrons. The van der Waals surface area contributed by atoms with E-state index in [4.69, 9.17) is 5.73 Å². The molecule has 0 aliphatic rings. The molecule has 0 amide bonds. The van der Waals surface area contributed by atoms with E-state index >= 15 is 0 Å². The maximum atomic E-state index is 11.7. The van der Waals surface area contributed by atoms with Gasteiger partial charge in [0.25, 0.3) is 5.56 Å². The SMILES string of the molecule is CC(C)N(CCn1ccccc1=O)Cc1ccccc1N. The summed E-state index contributed by atoms with van der Waals surface area (Å²) in [5.74, 6) is 0. The summed E-state index contributed by atoms with van der Waals surface area (Å²) in [6.07, 6.45) is 1.83. The second-order valence-electron chi connectivity index (χ2n) is 5.50. The number of para-hydroxylation sites is 1. The average molecular weight is 285 g/mol. The topological polar surface area (TPSA) is 51.3 Å². The van der Waals surface area contributed by atoms with Gasteiger partial charge in [-0.3, -0.25) is 9.69 Å². The third-order valence-electron chi connectivity index (χ3n) is 3.69. The summed E-state index contributed by atoms with van der Waals surface area (Å²) in [4.78, 5) is 14.1. The summed E-state index contributed by atoms with van der Waals surface area (Å²) >= 11 is 0. The van der Waals surface area contributed by atoms with Crippen LogP contribution in [0, 0.1) is 0 Å². The van der Waals surface area contributed by atoms with Gasteiger partial charge in [0.05, 0.1) is 0 Å². The molecule has 0 aliphatic carbocycles. The predicted octanol–water partition coefficient (Wildman–Crippen LogP) is 2.34. The molecule has 0 unspecified atom stereocenters. The molecular formula is C17H23N3O. The fraction of sp³-hybridized carbons (Fsp3) is 0.353. The van der Waals surface area contributed by atoms with Crippen LogP contribution in [0.15, 0.2) is 53.5 Å². The van der Waals surface area contributed by atoms with Crippen LogP contribution in [-0.4, -0.2) is 22.1 Å². The molecule has 0 spiro atoms. The van der Waals surface area contributed by atoms with Gasteiger partial charge in [0, 0.05) is 43.6 Å². The maximum Gasteiger partial charge on any atom is 0.250 e. The fourth-order valence-corrected chi connectivity index (χ4v) is 2.30. The van der Waals surface area contributed by atoms with Crippen LogP contribution in [-0.2, 0) is 13.1 Å². The standard InChI is InChI=1S/C17H23N3O/c1-14(2)20(13-15-7-3-4-8-16(15)18)12-11-19-10-6-5-9-17(19)21/h3-10,14H,11-13,18H2,1-2H3. The molecule has 21 heavy (non-hydrogen) atoms. The van der Waals surface area contributed by atoms with E-state index in [9.17, 15) is 4.79 Å². The van der Waals surface area contributed by atoms with Gasteiger partial charge >= 0.3 is 0 Å². The number of nitrogens with two attached hydrogens (primary N) is 1. The molecule has 0 saturated heterocycles. The Hall–Kier alpha value is -2.07. The summed E-state index contributed by atoms with van der Waals surface area (Å²) in [6, 6.07) is 13.6. The number of nitrogen functional groups attached to an aromatic ring is 1. The van der Waals surface area contributed by atoms with Crippen molar-refractivity contribution in [1.29, 1.82) is 0 Å². The zero-order valence-corrected chi connectivity index (χ0v) is 12.7. The van der Waals surface area contributed by atoms with Gasteiger partial charge in [-0.1, -0.05) is 24.3 Å². The Bertz CT molecular complexity index is 634. The minimum Gasteiger partial charge on any atom is -0.398 e. The van der Waals surface area contributed by atoms with Crippen LogP contribution in [0.2, 0.25) is 0 Å². The molecule has 0 saturated carbocycles. The van der Waals surface area contributed by atoms with Crippen LogP contribution in [0.3, 0.4) is 0 Å². The lowest BCUT2D eigenvalue weighted by Crippen LogP contribution is -2.35. The number of anilines is 1. The summed E-state index contributed by atoms with van der Waals surface area (Å²) in [5, 5.41) is 0. The molecule has 2 aromatic rings. The Morgan fingerprint density at radius 2 is 1.86 bits per heavy atom. The zero-order valence-electron chi connectivity index (χ0n) is 12.7. The van der Waals surface area contributed by atoms with E-state index < -0.39 is 0 Å². The molecule has 2 rings (SSSR count). The van der Waals surface area contributed by atoms with E-state index in [1.165, 1.54) is 0 Å². The third kappa shape index (κ3) is 4.20. The second-order valence-corrected chi connectivity index (χ2v) is 5.50. The van der Waals surface area contributed by atoms with E-state index in [1.54, 1.807) is 16.7 Å². The van der Waals surface area contributed by atoms with Crippen LogP contribution in [0.1, 0.15) is 19.4 Å². The number of hydrogen-bond acceptors (Lipinski definition) is 3. The van der Waals surface area contributed by atoms with Crippen molar-refractivity contribution in [3.05, 3.63) is 64.6 Å². The molecule has 1 aromatic carbocycles. The smallest absolute Gasteiger partial charge is 0.250 e. The second kappa shape index (κ2) is 7.09. The lowest BCUT2D eigenvalue weighted by atomic mass is 10.1. The fourth-order valence-electron chi connectivity index (χ4n) is 2.30. The van der Waals surface area contributed by atoms with Crippen molar-refractivity contribution in [1.82, 2.24) is 9.47 Å². The van der Waals surface area contributed by atoms with E-state index in [0.717, 1.165) is 24.3 Å². The molecule has 1 heterocycles. The number of pyridine rings is 1. The first-order valence-electron chi connectivity index (χ1n) is 7.31. The quantitative estimate of drug-likeness (QED) is 0.829. The minimum absolute atomic E-state index is 0.0421. The first-order chi connectivity index (χ1) is 10.1. The summed E-state index contributed by atoms with van der Waals surface area (Å²) in [7, 11) is 0. The normalized spacial score (nSPS) is 11.2. The molecule has 0 radical (unpaired) electrons. The van der Waals surface area contributed by atoms with Gasteiger partial charge in [0.15, 0.2) is 0 Å². The van der Waals surface area contributed by atoms with Gasteiger partial charge < -0.3 is 10.3 Å². The van der Waals surface area contributed by atoms with Crippen LogP contribution >= 0.6 is 0 Å². The Morgan fingerprint density at radius 3 is 2.52 bits per heavy atom. The molecule has 0 bridgehead atoms. The number of benzene rings is 1. The van der Waals surface area contributed by atoms with Crippen LogP contribution < -0.4 is 11.3 Å². The zero-order chi connectivity index (χ0) is 15.2. The molecule has 0 fully saturated rings. The highest BCUT2D eigenvalue weighted by atomic mass is 16.1. The molecule has 4 heteroatoms. The van der Waals surface area contributed by atoms with E-state index in [-0.39, 0.29) is 5.56 Å².